The predicted molar refractivity (Wildman–Crippen MR) is 188 cm³/mol. The van der Waals surface area contributed by atoms with Crippen LogP contribution in [-0.4, -0.2) is 4.57 Å². The van der Waals surface area contributed by atoms with Crippen LogP contribution in [0.15, 0.2) is 164 Å². The number of aromatic nitrogens is 1. The average Bonchev–Trinajstić information content (AvgIpc) is 3.43. The van der Waals surface area contributed by atoms with Gasteiger partial charge in [-0.1, -0.05) is 109 Å². The highest BCUT2D eigenvalue weighted by molar-refractivity contribution is 6.25. The van der Waals surface area contributed by atoms with Gasteiger partial charge in [-0.15, -0.1) is 0 Å². The van der Waals surface area contributed by atoms with Crippen molar-refractivity contribution in [2.75, 3.05) is 5.32 Å². The van der Waals surface area contributed by atoms with Gasteiger partial charge in [-0.05, 0) is 98.0 Å². The number of hydrogen-bond donors (Lipinski definition) is 1. The number of benzene rings is 8. The molecule has 0 aliphatic heterocycles. The van der Waals surface area contributed by atoms with Gasteiger partial charge in [0.2, 0.25) is 0 Å². The summed E-state index contributed by atoms with van der Waals surface area (Å²) in [7, 11) is 0. The van der Waals surface area contributed by atoms with Crippen LogP contribution in [0.2, 0.25) is 0 Å². The lowest BCUT2D eigenvalue weighted by Crippen LogP contribution is -1.93. The van der Waals surface area contributed by atoms with Crippen molar-refractivity contribution in [2.24, 2.45) is 0 Å². The summed E-state index contributed by atoms with van der Waals surface area (Å²) in [6, 6.07) is 59.1. The van der Waals surface area contributed by atoms with Crippen LogP contribution in [0.5, 0.6) is 0 Å². The Bertz CT molecular complexity index is 2470. The Kier molecular flexibility index (Phi) is 5.54. The molecule has 9 aromatic rings. The van der Waals surface area contributed by atoms with E-state index in [2.05, 4.69) is 174 Å². The molecule has 0 saturated heterocycles. The third-order valence-electron chi connectivity index (χ3n) is 8.94. The monoisotopic (exact) mass is 560 g/mol. The molecule has 0 fully saturated rings. The molecular weight excluding hydrogens is 532 g/mol. The second-order valence-electron chi connectivity index (χ2n) is 11.5. The third-order valence-corrected chi connectivity index (χ3v) is 8.94. The van der Waals surface area contributed by atoms with Gasteiger partial charge in [0.15, 0.2) is 0 Å². The first-order chi connectivity index (χ1) is 21.8. The summed E-state index contributed by atoms with van der Waals surface area (Å²) in [5.41, 5.74) is 8.18. The minimum absolute atomic E-state index is 1.07. The molecule has 9 rings (SSSR count). The second-order valence-corrected chi connectivity index (χ2v) is 11.5. The number of rotatable bonds is 4. The molecule has 0 aliphatic rings. The van der Waals surface area contributed by atoms with Crippen LogP contribution in [0.4, 0.5) is 11.4 Å². The smallest absolute Gasteiger partial charge is 0.0541 e. The second kappa shape index (κ2) is 9.86. The highest BCUT2D eigenvalue weighted by Gasteiger charge is 2.13. The van der Waals surface area contributed by atoms with E-state index in [0.29, 0.717) is 0 Å². The molecule has 1 N–H and O–H groups in total. The topological polar surface area (TPSA) is 17.0 Å². The molecule has 0 radical (unpaired) electrons. The molecule has 8 aromatic carbocycles. The van der Waals surface area contributed by atoms with Crippen molar-refractivity contribution >= 4 is 65.5 Å². The van der Waals surface area contributed by atoms with E-state index < -0.39 is 0 Å². The first-order valence-corrected chi connectivity index (χ1v) is 15.1. The van der Waals surface area contributed by atoms with Crippen LogP contribution in [-0.2, 0) is 0 Å². The average molecular weight is 561 g/mol. The normalized spacial score (nSPS) is 11.6. The number of hydrogen-bond acceptors (Lipinski definition) is 1. The molecule has 1 heterocycles. The largest absolute Gasteiger partial charge is 0.356 e. The first kappa shape index (κ1) is 24.7. The van der Waals surface area contributed by atoms with Crippen molar-refractivity contribution in [3.8, 4) is 16.8 Å². The molecule has 1 aromatic heterocycles. The van der Waals surface area contributed by atoms with Crippen molar-refractivity contribution in [3.63, 3.8) is 0 Å². The van der Waals surface area contributed by atoms with Gasteiger partial charge < -0.3 is 9.88 Å². The summed E-state index contributed by atoms with van der Waals surface area (Å²) in [6.07, 6.45) is 0. The number of nitrogens with zero attached hydrogens (tertiary/aromatic N) is 1. The Balaban J connectivity index is 1.08. The molecule has 2 nitrogen and oxygen atoms in total. The molecule has 0 aliphatic carbocycles. The fourth-order valence-electron chi connectivity index (χ4n) is 6.91. The van der Waals surface area contributed by atoms with E-state index in [1.807, 2.05) is 0 Å². The van der Waals surface area contributed by atoms with Crippen LogP contribution >= 0.6 is 0 Å². The van der Waals surface area contributed by atoms with Crippen molar-refractivity contribution < 1.29 is 0 Å². The summed E-state index contributed by atoms with van der Waals surface area (Å²) in [6.45, 7) is 0. The molecule has 0 spiro atoms. The standard InChI is InChI=1S/C42H28N2/c1-2-10-32(11-3-1)44-41-17-9-8-16-38(41)40-26-29(20-25-42(40)44)28-18-21-30(22-19-28)43-31-23-24-37-35-14-5-4-12-33(35)34-13-6-7-15-36(34)39(37)27-31/h1-27,43H. The minimum Gasteiger partial charge on any atom is -0.356 e. The van der Waals surface area contributed by atoms with E-state index in [4.69, 9.17) is 0 Å². The van der Waals surface area contributed by atoms with Crippen LogP contribution in [0, 0.1) is 0 Å². The Morgan fingerprint density at radius 3 is 1.55 bits per heavy atom. The van der Waals surface area contributed by atoms with Gasteiger partial charge in [-0.2, -0.15) is 0 Å². The van der Waals surface area contributed by atoms with Crippen LogP contribution in [0.3, 0.4) is 0 Å². The van der Waals surface area contributed by atoms with E-state index in [-0.39, 0.29) is 0 Å². The molecule has 2 heteroatoms. The number of fused-ring (bicyclic) bond motifs is 9. The maximum atomic E-state index is 3.66. The lowest BCUT2D eigenvalue weighted by atomic mass is 9.94. The van der Waals surface area contributed by atoms with Gasteiger partial charge in [0.25, 0.3) is 0 Å². The van der Waals surface area contributed by atoms with Crippen LogP contribution in [0.1, 0.15) is 0 Å². The molecule has 0 saturated carbocycles. The van der Waals surface area contributed by atoms with Crippen molar-refractivity contribution in [1.82, 2.24) is 4.57 Å². The van der Waals surface area contributed by atoms with E-state index in [1.165, 1.54) is 70.9 Å². The molecule has 44 heavy (non-hydrogen) atoms. The van der Waals surface area contributed by atoms with Crippen LogP contribution in [0.25, 0.3) is 70.9 Å². The lowest BCUT2D eigenvalue weighted by Gasteiger charge is -2.13. The summed E-state index contributed by atoms with van der Waals surface area (Å²) in [5, 5.41) is 13.9. The summed E-state index contributed by atoms with van der Waals surface area (Å²) < 4.78 is 2.36. The third kappa shape index (κ3) is 3.89. The minimum atomic E-state index is 1.07. The lowest BCUT2D eigenvalue weighted by molar-refractivity contribution is 1.18. The Morgan fingerprint density at radius 1 is 0.318 bits per heavy atom. The number of para-hydroxylation sites is 2. The Morgan fingerprint density at radius 2 is 0.841 bits per heavy atom. The molecule has 206 valence electrons. The molecule has 0 bridgehead atoms. The zero-order valence-electron chi connectivity index (χ0n) is 24.0. The summed E-state index contributed by atoms with van der Waals surface area (Å²) >= 11 is 0. The summed E-state index contributed by atoms with van der Waals surface area (Å²) in [4.78, 5) is 0. The van der Waals surface area contributed by atoms with Crippen LogP contribution < -0.4 is 5.32 Å². The van der Waals surface area contributed by atoms with Crippen molar-refractivity contribution in [2.45, 2.75) is 0 Å². The zero-order valence-corrected chi connectivity index (χ0v) is 24.0. The summed E-state index contributed by atoms with van der Waals surface area (Å²) in [5.74, 6) is 0. The zero-order chi connectivity index (χ0) is 29.0. The highest BCUT2D eigenvalue weighted by atomic mass is 15.0. The number of nitrogens with one attached hydrogen (secondary N) is 1. The van der Waals surface area contributed by atoms with E-state index in [0.717, 1.165) is 11.4 Å². The SMILES string of the molecule is c1ccc(-n2c3ccccc3c3cc(-c4ccc(Nc5ccc6c7ccccc7c7ccccc7c6c5)cc4)ccc32)cc1. The quantitative estimate of drug-likeness (QED) is 0.212. The van der Waals surface area contributed by atoms with E-state index in [1.54, 1.807) is 0 Å². The van der Waals surface area contributed by atoms with Gasteiger partial charge in [0.1, 0.15) is 0 Å². The van der Waals surface area contributed by atoms with Gasteiger partial charge in [0, 0.05) is 27.8 Å². The number of anilines is 2. The fourth-order valence-corrected chi connectivity index (χ4v) is 6.91. The molecule has 0 unspecified atom stereocenters. The first-order valence-electron chi connectivity index (χ1n) is 15.1. The predicted octanol–water partition coefficient (Wildman–Crippen LogP) is 11.7. The van der Waals surface area contributed by atoms with Gasteiger partial charge in [0.05, 0.1) is 11.0 Å². The maximum absolute atomic E-state index is 3.66. The Hall–Kier alpha value is -5.86. The molecular formula is C42H28N2. The van der Waals surface area contributed by atoms with Gasteiger partial charge in [-0.3, -0.25) is 0 Å². The van der Waals surface area contributed by atoms with Crippen molar-refractivity contribution in [1.29, 1.82) is 0 Å². The van der Waals surface area contributed by atoms with E-state index in [9.17, 15) is 0 Å². The molecule has 0 amide bonds. The maximum Gasteiger partial charge on any atom is 0.0541 e. The highest BCUT2D eigenvalue weighted by Crippen LogP contribution is 2.38. The Labute approximate surface area is 255 Å². The van der Waals surface area contributed by atoms with Gasteiger partial charge >= 0.3 is 0 Å². The molecule has 0 atom stereocenters. The fraction of sp³-hybridized carbons (Fsp3) is 0. The van der Waals surface area contributed by atoms with Crippen molar-refractivity contribution in [3.05, 3.63) is 164 Å². The van der Waals surface area contributed by atoms with E-state index >= 15 is 0 Å². The van der Waals surface area contributed by atoms with Gasteiger partial charge in [-0.25, -0.2) is 0 Å².